The van der Waals surface area contributed by atoms with Crippen molar-refractivity contribution in [1.82, 2.24) is 4.98 Å². The van der Waals surface area contributed by atoms with Gasteiger partial charge in [0, 0.05) is 30.6 Å². The lowest BCUT2D eigenvalue weighted by atomic mass is 10.2. The fourth-order valence-corrected chi connectivity index (χ4v) is 1.94. The van der Waals surface area contributed by atoms with Crippen molar-refractivity contribution in [3.8, 4) is 5.88 Å². The molecule has 0 saturated carbocycles. The van der Waals surface area contributed by atoms with E-state index in [0.717, 1.165) is 16.8 Å². The topological polar surface area (TPSA) is 81.8 Å². The SMILES string of the molecule is COCc1ccccc1NC(N)=NCc1ccnc(OC)c1. The van der Waals surface area contributed by atoms with Crippen LogP contribution >= 0.6 is 0 Å². The van der Waals surface area contributed by atoms with Crippen LogP contribution in [0.5, 0.6) is 5.88 Å². The molecule has 0 fully saturated rings. The maximum absolute atomic E-state index is 5.94. The summed E-state index contributed by atoms with van der Waals surface area (Å²) in [6, 6.07) is 11.5. The Morgan fingerprint density at radius 3 is 2.86 bits per heavy atom. The minimum absolute atomic E-state index is 0.347. The average molecular weight is 300 g/mol. The molecule has 116 valence electrons. The highest BCUT2D eigenvalue weighted by Gasteiger charge is 2.02. The molecule has 2 rings (SSSR count). The first-order valence-electron chi connectivity index (χ1n) is 6.85. The van der Waals surface area contributed by atoms with Gasteiger partial charge in [0.1, 0.15) is 0 Å². The van der Waals surface area contributed by atoms with E-state index in [1.165, 1.54) is 0 Å². The van der Waals surface area contributed by atoms with Crippen LogP contribution in [-0.4, -0.2) is 25.2 Å². The number of rotatable bonds is 6. The van der Waals surface area contributed by atoms with Gasteiger partial charge in [-0.2, -0.15) is 0 Å². The Labute approximate surface area is 130 Å². The normalized spacial score (nSPS) is 11.3. The zero-order chi connectivity index (χ0) is 15.8. The van der Waals surface area contributed by atoms with Crippen molar-refractivity contribution in [2.75, 3.05) is 19.5 Å². The summed E-state index contributed by atoms with van der Waals surface area (Å²) < 4.78 is 10.2. The number of nitrogens with zero attached hydrogens (tertiary/aromatic N) is 2. The Kier molecular flexibility index (Phi) is 5.73. The number of benzene rings is 1. The second-order valence-corrected chi connectivity index (χ2v) is 4.62. The van der Waals surface area contributed by atoms with Crippen LogP contribution in [0, 0.1) is 0 Å². The number of aliphatic imine (C=N–C) groups is 1. The van der Waals surface area contributed by atoms with Crippen molar-refractivity contribution >= 4 is 11.6 Å². The van der Waals surface area contributed by atoms with Crippen molar-refractivity contribution in [1.29, 1.82) is 0 Å². The summed E-state index contributed by atoms with van der Waals surface area (Å²) in [4.78, 5) is 8.38. The summed E-state index contributed by atoms with van der Waals surface area (Å²) in [6.07, 6.45) is 1.68. The third-order valence-corrected chi connectivity index (χ3v) is 3.02. The molecule has 0 radical (unpaired) electrons. The van der Waals surface area contributed by atoms with Gasteiger partial charge in [-0.3, -0.25) is 0 Å². The van der Waals surface area contributed by atoms with Crippen LogP contribution in [0.1, 0.15) is 11.1 Å². The van der Waals surface area contributed by atoms with Gasteiger partial charge in [-0.05, 0) is 17.7 Å². The van der Waals surface area contributed by atoms with Crippen LogP contribution in [0.25, 0.3) is 0 Å². The maximum Gasteiger partial charge on any atom is 0.213 e. The first-order valence-corrected chi connectivity index (χ1v) is 6.85. The number of hydrogen-bond donors (Lipinski definition) is 2. The van der Waals surface area contributed by atoms with Gasteiger partial charge in [0.05, 0.1) is 20.3 Å². The highest BCUT2D eigenvalue weighted by molar-refractivity contribution is 5.92. The summed E-state index contributed by atoms with van der Waals surface area (Å²) in [5.74, 6) is 0.906. The lowest BCUT2D eigenvalue weighted by Crippen LogP contribution is -2.23. The van der Waals surface area contributed by atoms with E-state index in [2.05, 4.69) is 15.3 Å². The van der Waals surface area contributed by atoms with E-state index in [4.69, 9.17) is 15.2 Å². The van der Waals surface area contributed by atoms with Crippen molar-refractivity contribution in [2.45, 2.75) is 13.2 Å². The van der Waals surface area contributed by atoms with E-state index < -0.39 is 0 Å². The number of para-hydroxylation sites is 1. The van der Waals surface area contributed by atoms with Crippen LogP contribution in [0.4, 0.5) is 5.69 Å². The molecule has 0 aliphatic carbocycles. The first kappa shape index (κ1) is 15.8. The highest BCUT2D eigenvalue weighted by atomic mass is 16.5. The van der Waals surface area contributed by atoms with Gasteiger partial charge in [-0.1, -0.05) is 18.2 Å². The smallest absolute Gasteiger partial charge is 0.213 e. The molecule has 0 saturated heterocycles. The van der Waals surface area contributed by atoms with Gasteiger partial charge in [-0.15, -0.1) is 0 Å². The van der Waals surface area contributed by atoms with Gasteiger partial charge >= 0.3 is 0 Å². The van der Waals surface area contributed by atoms with Gasteiger partial charge in [0.2, 0.25) is 5.88 Å². The second kappa shape index (κ2) is 7.99. The fourth-order valence-electron chi connectivity index (χ4n) is 1.94. The summed E-state index contributed by atoms with van der Waals surface area (Å²) in [7, 11) is 3.24. The van der Waals surface area contributed by atoms with Crippen LogP contribution < -0.4 is 15.8 Å². The number of hydrogen-bond acceptors (Lipinski definition) is 4. The number of anilines is 1. The van der Waals surface area contributed by atoms with E-state index >= 15 is 0 Å². The molecule has 6 heteroatoms. The lowest BCUT2D eigenvalue weighted by Gasteiger charge is -2.10. The Hall–Kier alpha value is -2.60. The molecule has 0 aliphatic rings. The summed E-state index contributed by atoms with van der Waals surface area (Å²) in [5, 5.41) is 3.10. The largest absolute Gasteiger partial charge is 0.481 e. The van der Waals surface area contributed by atoms with Crippen LogP contribution in [0.2, 0.25) is 0 Å². The molecule has 1 heterocycles. The number of methoxy groups -OCH3 is 2. The van der Waals surface area contributed by atoms with E-state index in [-0.39, 0.29) is 0 Å². The average Bonchev–Trinajstić information content (AvgIpc) is 2.55. The van der Waals surface area contributed by atoms with E-state index in [1.807, 2.05) is 36.4 Å². The number of aromatic nitrogens is 1. The van der Waals surface area contributed by atoms with Crippen molar-refractivity contribution in [3.63, 3.8) is 0 Å². The summed E-state index contributed by atoms with van der Waals surface area (Å²) in [5.41, 5.74) is 8.82. The maximum atomic E-state index is 5.94. The molecule has 0 spiro atoms. The third kappa shape index (κ3) is 4.46. The summed E-state index contributed by atoms with van der Waals surface area (Å²) >= 11 is 0. The Morgan fingerprint density at radius 1 is 1.27 bits per heavy atom. The lowest BCUT2D eigenvalue weighted by molar-refractivity contribution is 0.185. The predicted molar refractivity (Wildman–Crippen MR) is 86.9 cm³/mol. The van der Waals surface area contributed by atoms with E-state index in [1.54, 1.807) is 20.4 Å². The van der Waals surface area contributed by atoms with Crippen molar-refractivity contribution < 1.29 is 9.47 Å². The third-order valence-electron chi connectivity index (χ3n) is 3.02. The number of nitrogens with one attached hydrogen (secondary N) is 1. The number of ether oxygens (including phenoxy) is 2. The number of pyridine rings is 1. The predicted octanol–water partition coefficient (Wildman–Crippen LogP) is 2.16. The zero-order valence-electron chi connectivity index (χ0n) is 12.7. The van der Waals surface area contributed by atoms with E-state index in [0.29, 0.717) is 25.0 Å². The molecular weight excluding hydrogens is 280 g/mol. The zero-order valence-corrected chi connectivity index (χ0v) is 12.7. The van der Waals surface area contributed by atoms with E-state index in [9.17, 15) is 0 Å². The first-order chi connectivity index (χ1) is 10.7. The molecule has 0 amide bonds. The quantitative estimate of drug-likeness (QED) is 0.631. The molecule has 1 aromatic heterocycles. The van der Waals surface area contributed by atoms with Crippen molar-refractivity contribution in [2.24, 2.45) is 10.7 Å². The molecule has 22 heavy (non-hydrogen) atoms. The minimum Gasteiger partial charge on any atom is -0.481 e. The molecule has 1 aromatic carbocycles. The number of guanidine groups is 1. The van der Waals surface area contributed by atoms with Crippen LogP contribution in [-0.2, 0) is 17.9 Å². The Morgan fingerprint density at radius 2 is 2.09 bits per heavy atom. The molecule has 0 bridgehead atoms. The molecule has 0 aliphatic heterocycles. The Balaban J connectivity index is 2.03. The standard InChI is InChI=1S/C16H20N4O2/c1-21-11-13-5-3-4-6-14(13)20-16(17)19-10-12-7-8-18-15(9-12)22-2/h3-9H,10-11H2,1-2H3,(H3,17,19,20). The second-order valence-electron chi connectivity index (χ2n) is 4.62. The fraction of sp³-hybridized carbons (Fsp3) is 0.250. The van der Waals surface area contributed by atoms with Gasteiger partial charge in [-0.25, -0.2) is 9.98 Å². The van der Waals surface area contributed by atoms with Crippen LogP contribution in [0.15, 0.2) is 47.6 Å². The number of nitrogens with two attached hydrogens (primary N) is 1. The van der Waals surface area contributed by atoms with Gasteiger partial charge in [0.25, 0.3) is 0 Å². The Bertz CT molecular complexity index is 644. The molecule has 3 N–H and O–H groups in total. The van der Waals surface area contributed by atoms with Gasteiger partial charge < -0.3 is 20.5 Å². The van der Waals surface area contributed by atoms with Crippen LogP contribution in [0.3, 0.4) is 0 Å². The minimum atomic E-state index is 0.347. The van der Waals surface area contributed by atoms with Gasteiger partial charge in [0.15, 0.2) is 5.96 Å². The highest BCUT2D eigenvalue weighted by Crippen LogP contribution is 2.15. The monoisotopic (exact) mass is 300 g/mol. The molecular formula is C16H20N4O2. The summed E-state index contributed by atoms with van der Waals surface area (Å²) in [6.45, 7) is 0.960. The molecule has 0 atom stereocenters. The molecule has 0 unspecified atom stereocenters. The molecule has 2 aromatic rings. The van der Waals surface area contributed by atoms with Crippen molar-refractivity contribution in [3.05, 3.63) is 53.7 Å². The molecule has 6 nitrogen and oxygen atoms in total.